The van der Waals surface area contributed by atoms with Crippen LogP contribution in [-0.2, 0) is 0 Å². The van der Waals surface area contributed by atoms with Gasteiger partial charge in [0.1, 0.15) is 11.2 Å². The van der Waals surface area contributed by atoms with E-state index in [0.717, 1.165) is 39.2 Å². The molecule has 230 valence electrons. The number of thiophene rings is 1. The maximum absolute atomic E-state index is 6.39. The molecule has 2 heterocycles. The van der Waals surface area contributed by atoms with Gasteiger partial charge in [-0.1, -0.05) is 121 Å². The molecule has 0 unspecified atom stereocenters. The zero-order valence-electron chi connectivity index (χ0n) is 26.5. The predicted octanol–water partition coefficient (Wildman–Crippen LogP) is 13.9. The molecule has 0 spiro atoms. The summed E-state index contributed by atoms with van der Waals surface area (Å²) in [5.41, 5.74) is 9.91. The first-order chi connectivity index (χ1) is 24.3. The van der Waals surface area contributed by atoms with Crippen molar-refractivity contribution in [3.63, 3.8) is 0 Å². The fourth-order valence-electron chi connectivity index (χ4n) is 7.35. The molecule has 0 saturated carbocycles. The van der Waals surface area contributed by atoms with E-state index in [1.165, 1.54) is 53.0 Å². The number of nitrogens with zero attached hydrogens (tertiary/aromatic N) is 1. The van der Waals surface area contributed by atoms with Crippen molar-refractivity contribution < 1.29 is 4.42 Å². The van der Waals surface area contributed by atoms with E-state index in [1.807, 2.05) is 17.4 Å². The first kappa shape index (κ1) is 27.9. The number of hydrogen-bond donors (Lipinski definition) is 0. The summed E-state index contributed by atoms with van der Waals surface area (Å²) in [6, 6.07) is 63.2. The Balaban J connectivity index is 1.11. The summed E-state index contributed by atoms with van der Waals surface area (Å²) in [7, 11) is 0. The third-order valence-electron chi connectivity index (χ3n) is 9.67. The molecular weight excluding hydrogens is 615 g/mol. The van der Waals surface area contributed by atoms with Crippen LogP contribution in [0, 0.1) is 0 Å². The van der Waals surface area contributed by atoms with Crippen LogP contribution in [0.4, 0.5) is 17.1 Å². The van der Waals surface area contributed by atoms with Crippen molar-refractivity contribution in [1.29, 1.82) is 0 Å². The topological polar surface area (TPSA) is 16.4 Å². The summed E-state index contributed by atoms with van der Waals surface area (Å²) in [5, 5.41) is 7.37. The van der Waals surface area contributed by atoms with Crippen molar-refractivity contribution in [2.24, 2.45) is 0 Å². The molecule has 3 heteroatoms. The summed E-state index contributed by atoms with van der Waals surface area (Å²) in [5.74, 6) is 0. The standard InChI is InChI=1S/C46H29NOS/c1-2-10-30(11-3-1)31-18-22-33(23-19-31)47(35-26-27-38-37-13-7-9-17-44(37)49-45(38)28-35)34-24-20-32(21-25-34)41-29-43-46(39-14-5-4-12-36(39)41)40-15-6-8-16-42(40)48-43/h1-29H. The molecule has 0 saturated heterocycles. The second kappa shape index (κ2) is 11.2. The highest BCUT2D eigenvalue weighted by Crippen LogP contribution is 2.43. The molecular formula is C46H29NOS. The van der Waals surface area contributed by atoms with Gasteiger partial charge >= 0.3 is 0 Å². The molecule has 0 radical (unpaired) electrons. The Morgan fingerprint density at radius 1 is 0.367 bits per heavy atom. The smallest absolute Gasteiger partial charge is 0.136 e. The molecule has 0 atom stereocenters. The summed E-state index contributed by atoms with van der Waals surface area (Å²) in [4.78, 5) is 2.36. The molecule has 8 aromatic carbocycles. The zero-order chi connectivity index (χ0) is 32.3. The van der Waals surface area contributed by atoms with Crippen LogP contribution in [0.5, 0.6) is 0 Å². The Bertz CT molecular complexity index is 2810. The molecule has 10 rings (SSSR count). The summed E-state index contributed by atoms with van der Waals surface area (Å²) in [6.07, 6.45) is 0. The third kappa shape index (κ3) is 4.62. The molecule has 0 fully saturated rings. The molecule has 2 aromatic heterocycles. The van der Waals surface area contributed by atoms with Gasteiger partial charge in [0.2, 0.25) is 0 Å². The second-order valence-corrected chi connectivity index (χ2v) is 13.6. The first-order valence-corrected chi connectivity index (χ1v) is 17.4. The van der Waals surface area contributed by atoms with E-state index in [-0.39, 0.29) is 0 Å². The van der Waals surface area contributed by atoms with E-state index in [1.54, 1.807) is 0 Å². The van der Waals surface area contributed by atoms with Crippen molar-refractivity contribution in [2.45, 2.75) is 0 Å². The monoisotopic (exact) mass is 643 g/mol. The number of para-hydroxylation sites is 1. The SMILES string of the molecule is c1ccc(-c2ccc(N(c3ccc(-c4cc5oc6ccccc6c5c5ccccc45)cc3)c3ccc4c(c3)sc3ccccc34)cc2)cc1. The number of hydrogen-bond acceptors (Lipinski definition) is 3. The van der Waals surface area contributed by atoms with Crippen LogP contribution >= 0.6 is 11.3 Å². The number of furan rings is 1. The van der Waals surface area contributed by atoms with Crippen molar-refractivity contribution in [2.75, 3.05) is 4.90 Å². The van der Waals surface area contributed by atoms with Gasteiger partial charge in [0.25, 0.3) is 0 Å². The lowest BCUT2D eigenvalue weighted by Gasteiger charge is -2.26. The van der Waals surface area contributed by atoms with Gasteiger partial charge in [0.15, 0.2) is 0 Å². The lowest BCUT2D eigenvalue weighted by molar-refractivity contribution is 0.669. The van der Waals surface area contributed by atoms with Gasteiger partial charge < -0.3 is 9.32 Å². The van der Waals surface area contributed by atoms with Crippen LogP contribution in [-0.4, -0.2) is 0 Å². The van der Waals surface area contributed by atoms with E-state index >= 15 is 0 Å². The second-order valence-electron chi connectivity index (χ2n) is 12.5. The number of fused-ring (bicyclic) bond motifs is 8. The Labute approximate surface area is 287 Å². The molecule has 2 nitrogen and oxygen atoms in total. The number of anilines is 3. The number of rotatable bonds is 5. The van der Waals surface area contributed by atoms with Crippen LogP contribution in [0.1, 0.15) is 0 Å². The molecule has 0 N–H and O–H groups in total. The van der Waals surface area contributed by atoms with Gasteiger partial charge in [0.05, 0.1) is 0 Å². The number of benzene rings is 8. The van der Waals surface area contributed by atoms with Crippen molar-refractivity contribution in [3.8, 4) is 22.3 Å². The van der Waals surface area contributed by atoms with Gasteiger partial charge in [-0.25, -0.2) is 0 Å². The summed E-state index contributed by atoms with van der Waals surface area (Å²) >= 11 is 1.85. The van der Waals surface area contributed by atoms with Gasteiger partial charge in [0, 0.05) is 48.0 Å². The summed E-state index contributed by atoms with van der Waals surface area (Å²) < 4.78 is 8.99. The maximum Gasteiger partial charge on any atom is 0.136 e. The lowest BCUT2D eigenvalue weighted by Crippen LogP contribution is -2.09. The van der Waals surface area contributed by atoms with E-state index in [9.17, 15) is 0 Å². The zero-order valence-corrected chi connectivity index (χ0v) is 27.3. The molecule has 0 amide bonds. The molecule has 10 aromatic rings. The largest absolute Gasteiger partial charge is 0.456 e. The molecule has 0 aliphatic heterocycles. The highest BCUT2D eigenvalue weighted by atomic mass is 32.1. The van der Waals surface area contributed by atoms with Gasteiger partial charge in [-0.15, -0.1) is 11.3 Å². The highest BCUT2D eigenvalue weighted by molar-refractivity contribution is 7.25. The highest BCUT2D eigenvalue weighted by Gasteiger charge is 2.18. The van der Waals surface area contributed by atoms with Crippen LogP contribution in [0.2, 0.25) is 0 Å². The Kier molecular flexibility index (Phi) is 6.39. The van der Waals surface area contributed by atoms with Gasteiger partial charge in [-0.3, -0.25) is 0 Å². The van der Waals surface area contributed by atoms with Crippen molar-refractivity contribution >= 4 is 81.3 Å². The average molecular weight is 644 g/mol. The van der Waals surface area contributed by atoms with Crippen LogP contribution in [0.25, 0.3) is 75.1 Å². The Morgan fingerprint density at radius 3 is 1.71 bits per heavy atom. The third-order valence-corrected chi connectivity index (χ3v) is 10.8. The minimum Gasteiger partial charge on any atom is -0.456 e. The fraction of sp³-hybridized carbons (Fsp3) is 0. The maximum atomic E-state index is 6.39. The van der Waals surface area contributed by atoms with Crippen LogP contribution < -0.4 is 4.90 Å². The predicted molar refractivity (Wildman–Crippen MR) is 210 cm³/mol. The minimum atomic E-state index is 0.913. The summed E-state index contributed by atoms with van der Waals surface area (Å²) in [6.45, 7) is 0. The van der Waals surface area contributed by atoms with Crippen molar-refractivity contribution in [1.82, 2.24) is 0 Å². The quantitative estimate of drug-likeness (QED) is 0.186. The van der Waals surface area contributed by atoms with Crippen LogP contribution in [0.15, 0.2) is 180 Å². The first-order valence-electron chi connectivity index (χ1n) is 16.6. The van der Waals surface area contributed by atoms with Crippen molar-refractivity contribution in [3.05, 3.63) is 176 Å². The molecule has 0 aliphatic rings. The Hall–Kier alpha value is -6.16. The van der Waals surface area contributed by atoms with Crippen LogP contribution in [0.3, 0.4) is 0 Å². The minimum absolute atomic E-state index is 0.913. The Morgan fingerprint density at radius 2 is 0.939 bits per heavy atom. The van der Waals surface area contributed by atoms with Gasteiger partial charge in [-0.2, -0.15) is 0 Å². The van der Waals surface area contributed by atoms with E-state index < -0.39 is 0 Å². The lowest BCUT2D eigenvalue weighted by atomic mass is 9.94. The van der Waals surface area contributed by atoms with E-state index in [2.05, 4.69) is 175 Å². The average Bonchev–Trinajstić information content (AvgIpc) is 3.74. The molecule has 0 aliphatic carbocycles. The van der Waals surface area contributed by atoms with E-state index in [0.29, 0.717) is 0 Å². The van der Waals surface area contributed by atoms with Gasteiger partial charge in [-0.05, 0) is 87.6 Å². The van der Waals surface area contributed by atoms with E-state index in [4.69, 9.17) is 4.42 Å². The normalized spacial score (nSPS) is 11.7. The molecule has 49 heavy (non-hydrogen) atoms. The molecule has 0 bridgehead atoms. The fourth-order valence-corrected chi connectivity index (χ4v) is 8.49.